The number of carboxylic acids is 1. The molecular formula is C7H15NO3S. The minimum absolute atomic E-state index is 0.0370. The number of nitrogens with one attached hydrogen (secondary N) is 1. The van der Waals surface area contributed by atoms with Crippen molar-refractivity contribution in [2.45, 2.75) is 20.0 Å². The predicted octanol–water partition coefficient (Wildman–Crippen LogP) is 1.45. The van der Waals surface area contributed by atoms with Gasteiger partial charge in [-0.15, -0.1) is 11.8 Å². The van der Waals surface area contributed by atoms with Crippen molar-refractivity contribution >= 4 is 22.8 Å². The molecule has 2 N–H and O–H groups in total. The van der Waals surface area contributed by atoms with Gasteiger partial charge in [-0.05, 0) is 13.2 Å². The Morgan fingerprint density at radius 2 is 2.00 bits per heavy atom. The molecule has 0 radical (unpaired) electrons. The van der Waals surface area contributed by atoms with Crippen molar-refractivity contribution in [3.05, 3.63) is 0 Å². The molecule has 0 aliphatic rings. The van der Waals surface area contributed by atoms with Crippen molar-refractivity contribution < 1.29 is 14.6 Å². The molecule has 0 saturated heterocycles. The number of rotatable bonds is 2. The van der Waals surface area contributed by atoms with Gasteiger partial charge in [-0.3, -0.25) is 10.2 Å². The summed E-state index contributed by atoms with van der Waals surface area (Å²) in [6, 6.07) is 0. The first-order valence-corrected chi connectivity index (χ1v) is 4.52. The third-order valence-corrected chi connectivity index (χ3v) is 1.71. The van der Waals surface area contributed by atoms with Crippen molar-refractivity contribution in [2.24, 2.45) is 0 Å². The van der Waals surface area contributed by atoms with Crippen molar-refractivity contribution in [1.29, 1.82) is 5.41 Å². The lowest BCUT2D eigenvalue weighted by Crippen LogP contribution is -2.13. The Morgan fingerprint density at radius 1 is 1.67 bits per heavy atom. The summed E-state index contributed by atoms with van der Waals surface area (Å²) in [5.41, 5.74) is 0. The number of methoxy groups -OCH3 is 1. The molecular weight excluding hydrogens is 178 g/mol. The number of hydrogen-bond donors (Lipinski definition) is 2. The Labute approximate surface area is 76.8 Å². The number of ether oxygens (including phenoxy) is 1. The van der Waals surface area contributed by atoms with E-state index in [-0.39, 0.29) is 6.10 Å². The number of hydrogen-bond acceptors (Lipinski definition) is 4. The van der Waals surface area contributed by atoms with E-state index < -0.39 is 5.97 Å². The lowest BCUT2D eigenvalue weighted by atomic mass is 10.4. The van der Waals surface area contributed by atoms with E-state index >= 15 is 0 Å². The highest BCUT2D eigenvalue weighted by Gasteiger charge is 2.03. The van der Waals surface area contributed by atoms with Crippen LogP contribution in [-0.2, 0) is 9.53 Å². The Balaban J connectivity index is 0. The van der Waals surface area contributed by atoms with Gasteiger partial charge < -0.3 is 9.84 Å². The van der Waals surface area contributed by atoms with Gasteiger partial charge in [-0.1, -0.05) is 0 Å². The fourth-order valence-electron chi connectivity index (χ4n) is 0.273. The van der Waals surface area contributed by atoms with E-state index in [1.807, 2.05) is 13.2 Å². The maximum absolute atomic E-state index is 9.00. The van der Waals surface area contributed by atoms with E-state index in [0.717, 1.165) is 6.92 Å². The zero-order valence-electron chi connectivity index (χ0n) is 7.75. The molecule has 0 aromatic rings. The van der Waals surface area contributed by atoms with Crippen LogP contribution in [0.1, 0.15) is 13.8 Å². The number of carboxylic acid groups (broad SMARTS) is 1. The summed E-state index contributed by atoms with van der Waals surface area (Å²) in [5, 5.41) is 15.2. The van der Waals surface area contributed by atoms with Crippen LogP contribution in [0.2, 0.25) is 0 Å². The van der Waals surface area contributed by atoms with E-state index in [0.29, 0.717) is 5.04 Å². The third kappa shape index (κ3) is 12.2. The molecule has 0 aliphatic heterocycles. The third-order valence-electron chi connectivity index (χ3n) is 0.943. The molecule has 0 rings (SSSR count). The SMILES string of the molecule is CC(=O)O.COC(C)C(=N)SC. The van der Waals surface area contributed by atoms with E-state index in [9.17, 15) is 0 Å². The molecule has 0 aromatic heterocycles. The van der Waals surface area contributed by atoms with Gasteiger partial charge in [0.1, 0.15) is 6.10 Å². The standard InChI is InChI=1S/C5H11NOS.C2H4O2/c1-4(7-2)5(6)8-3;1-2(3)4/h4,6H,1-3H3;1H3,(H,3,4). The highest BCUT2D eigenvalue weighted by Crippen LogP contribution is 2.02. The summed E-state index contributed by atoms with van der Waals surface area (Å²) in [6.07, 6.45) is 1.84. The molecule has 0 aromatic carbocycles. The van der Waals surface area contributed by atoms with Crippen molar-refractivity contribution in [2.75, 3.05) is 13.4 Å². The van der Waals surface area contributed by atoms with Gasteiger partial charge in [0.25, 0.3) is 5.97 Å². The van der Waals surface area contributed by atoms with Gasteiger partial charge in [0.05, 0.1) is 5.04 Å². The quantitative estimate of drug-likeness (QED) is 0.514. The maximum atomic E-state index is 9.00. The van der Waals surface area contributed by atoms with Crippen LogP contribution in [-0.4, -0.2) is 35.6 Å². The summed E-state index contributed by atoms with van der Waals surface area (Å²) in [4.78, 5) is 9.00. The summed E-state index contributed by atoms with van der Waals surface area (Å²) in [6.45, 7) is 2.94. The molecule has 12 heavy (non-hydrogen) atoms. The average Bonchev–Trinajstić information content (AvgIpc) is 2.00. The molecule has 0 spiro atoms. The van der Waals surface area contributed by atoms with Crippen LogP contribution >= 0.6 is 11.8 Å². The Hall–Kier alpha value is -0.550. The van der Waals surface area contributed by atoms with Crippen LogP contribution in [0.4, 0.5) is 0 Å². The second-order valence-electron chi connectivity index (χ2n) is 1.97. The summed E-state index contributed by atoms with van der Waals surface area (Å²) >= 11 is 1.42. The fourth-order valence-corrected chi connectivity index (χ4v) is 0.701. The summed E-state index contributed by atoms with van der Waals surface area (Å²) in [5.74, 6) is -0.833. The van der Waals surface area contributed by atoms with E-state index in [1.54, 1.807) is 7.11 Å². The molecule has 0 fully saturated rings. The van der Waals surface area contributed by atoms with Gasteiger partial charge in [-0.2, -0.15) is 0 Å². The minimum Gasteiger partial charge on any atom is -0.481 e. The number of carbonyl (C=O) groups is 1. The Morgan fingerprint density at radius 3 is 2.08 bits per heavy atom. The summed E-state index contributed by atoms with van der Waals surface area (Å²) in [7, 11) is 1.61. The first-order valence-electron chi connectivity index (χ1n) is 3.30. The van der Waals surface area contributed by atoms with Crippen molar-refractivity contribution in [3.63, 3.8) is 0 Å². The smallest absolute Gasteiger partial charge is 0.300 e. The molecule has 0 saturated carbocycles. The van der Waals surface area contributed by atoms with Gasteiger partial charge in [0.15, 0.2) is 0 Å². The Bertz CT molecular complexity index is 146. The lowest BCUT2D eigenvalue weighted by molar-refractivity contribution is -0.134. The molecule has 0 bridgehead atoms. The lowest BCUT2D eigenvalue weighted by Gasteiger charge is -2.06. The van der Waals surface area contributed by atoms with Crippen LogP contribution in [0.15, 0.2) is 0 Å². The van der Waals surface area contributed by atoms with Gasteiger partial charge in [-0.25, -0.2) is 0 Å². The molecule has 4 nitrogen and oxygen atoms in total. The number of aliphatic carboxylic acids is 1. The molecule has 5 heteroatoms. The van der Waals surface area contributed by atoms with Crippen LogP contribution in [0, 0.1) is 5.41 Å². The first kappa shape index (κ1) is 14.0. The normalized spacial score (nSPS) is 11.0. The Kier molecular flexibility index (Phi) is 9.97. The topological polar surface area (TPSA) is 70.4 Å². The second-order valence-corrected chi connectivity index (χ2v) is 2.81. The van der Waals surface area contributed by atoms with Crippen LogP contribution in [0.25, 0.3) is 0 Å². The monoisotopic (exact) mass is 193 g/mol. The molecule has 0 amide bonds. The van der Waals surface area contributed by atoms with Gasteiger partial charge in [0.2, 0.25) is 0 Å². The van der Waals surface area contributed by atoms with Crippen molar-refractivity contribution in [1.82, 2.24) is 0 Å². The second kappa shape index (κ2) is 8.55. The molecule has 0 aliphatic carbocycles. The zero-order chi connectivity index (χ0) is 10.1. The van der Waals surface area contributed by atoms with Crippen LogP contribution in [0.3, 0.4) is 0 Å². The highest BCUT2D eigenvalue weighted by molar-refractivity contribution is 8.13. The number of thioether (sulfide) groups is 1. The minimum atomic E-state index is -0.833. The molecule has 1 unspecified atom stereocenters. The van der Waals surface area contributed by atoms with Crippen LogP contribution < -0.4 is 0 Å². The van der Waals surface area contributed by atoms with Gasteiger partial charge in [0, 0.05) is 14.0 Å². The first-order chi connectivity index (χ1) is 5.45. The van der Waals surface area contributed by atoms with E-state index in [4.69, 9.17) is 20.0 Å². The largest absolute Gasteiger partial charge is 0.481 e. The fraction of sp³-hybridized carbons (Fsp3) is 0.714. The van der Waals surface area contributed by atoms with Gasteiger partial charge >= 0.3 is 0 Å². The highest BCUT2D eigenvalue weighted by atomic mass is 32.2. The zero-order valence-corrected chi connectivity index (χ0v) is 8.57. The molecule has 72 valence electrons. The van der Waals surface area contributed by atoms with E-state index in [1.165, 1.54) is 11.8 Å². The molecule has 1 atom stereocenters. The predicted molar refractivity (Wildman–Crippen MR) is 51.0 cm³/mol. The van der Waals surface area contributed by atoms with Crippen molar-refractivity contribution in [3.8, 4) is 0 Å². The average molecular weight is 193 g/mol. The molecule has 0 heterocycles. The maximum Gasteiger partial charge on any atom is 0.300 e. The van der Waals surface area contributed by atoms with E-state index in [2.05, 4.69) is 0 Å². The summed E-state index contributed by atoms with van der Waals surface area (Å²) < 4.78 is 4.86. The van der Waals surface area contributed by atoms with Crippen LogP contribution in [0.5, 0.6) is 0 Å².